The number of nitrogens with zero attached hydrogens (tertiary/aromatic N) is 2. The van der Waals surface area contributed by atoms with Gasteiger partial charge in [-0.3, -0.25) is 0 Å². The molecule has 0 aliphatic carbocycles. The van der Waals surface area contributed by atoms with Gasteiger partial charge in [0.15, 0.2) is 0 Å². The highest BCUT2D eigenvalue weighted by Crippen LogP contribution is 2.39. The van der Waals surface area contributed by atoms with Crippen molar-refractivity contribution in [2.45, 2.75) is 0 Å². The predicted molar refractivity (Wildman–Crippen MR) is 218 cm³/mol. The molecule has 8 heteroatoms. The van der Waals surface area contributed by atoms with Crippen LogP contribution in [0.4, 0.5) is 22.7 Å². The summed E-state index contributed by atoms with van der Waals surface area (Å²) in [4.78, 5) is 18.0. The summed E-state index contributed by atoms with van der Waals surface area (Å²) >= 11 is 0. The summed E-state index contributed by atoms with van der Waals surface area (Å²) in [6, 6.07) is 40.0. The molecular formula is C44H34N8. The van der Waals surface area contributed by atoms with Crippen LogP contribution in [-0.2, 0) is 0 Å². The summed E-state index contributed by atoms with van der Waals surface area (Å²) < 4.78 is 0. The number of nitrogens with two attached hydrogens (primary N) is 4. The van der Waals surface area contributed by atoms with E-state index in [1.807, 2.05) is 103 Å². The van der Waals surface area contributed by atoms with Gasteiger partial charge in [-0.25, -0.2) is 9.97 Å². The van der Waals surface area contributed by atoms with Crippen LogP contribution in [0.3, 0.4) is 0 Å². The van der Waals surface area contributed by atoms with Gasteiger partial charge in [0, 0.05) is 61.6 Å². The second-order valence-electron chi connectivity index (χ2n) is 13.0. The highest BCUT2D eigenvalue weighted by molar-refractivity contribution is 6.02. The average Bonchev–Trinajstić information content (AvgIpc) is 3.98. The van der Waals surface area contributed by atoms with Crippen LogP contribution in [0.2, 0.25) is 0 Å². The molecule has 0 saturated heterocycles. The number of aromatic nitrogens is 4. The minimum absolute atomic E-state index is 0.683. The van der Waals surface area contributed by atoms with E-state index >= 15 is 0 Å². The lowest BCUT2D eigenvalue weighted by Gasteiger charge is -2.08. The molecule has 8 nitrogen and oxygen atoms in total. The molecule has 0 fully saturated rings. The first kappa shape index (κ1) is 30.7. The Hall–Kier alpha value is -7.32. The SMILES string of the molecule is Nc1ccc(-c2c3nc(cc4cc(-c5ccc(N)cc5)c([nH]4)c(-c4ccc(N)cc4)c4nc(c(-c5ccc(N)cc5)c5ccc2[nH]5)C=C4)C=C3)cc1. The van der Waals surface area contributed by atoms with Crippen LogP contribution in [-0.4, -0.2) is 19.9 Å². The Morgan fingerprint density at radius 2 is 0.808 bits per heavy atom. The van der Waals surface area contributed by atoms with E-state index in [-0.39, 0.29) is 0 Å². The Bertz CT molecular complexity index is 2730. The standard InChI is InChI=1S/C44H34N8/c45-29-9-1-25(2-10-29)35-24-34-23-33-17-18-36(49-33)41(26-3-11-30(46)12-4-26)37-19-20-38(51-37)42(27-5-13-31(47)14-6-27)39-21-22-40(52-39)43(44(35)50-34)28-7-15-32(48)16-8-28/h1-24,50-51H,45-48H2. The number of aromatic amines is 2. The summed E-state index contributed by atoms with van der Waals surface area (Å²) in [7, 11) is 0. The fourth-order valence-electron chi connectivity index (χ4n) is 6.98. The van der Waals surface area contributed by atoms with Crippen molar-refractivity contribution in [2.24, 2.45) is 0 Å². The lowest BCUT2D eigenvalue weighted by atomic mass is 9.98. The summed E-state index contributed by atoms with van der Waals surface area (Å²) in [5.41, 5.74) is 42.0. The summed E-state index contributed by atoms with van der Waals surface area (Å²) in [5, 5.41) is 0. The van der Waals surface area contributed by atoms with E-state index < -0.39 is 0 Å². The minimum Gasteiger partial charge on any atom is -0.399 e. The monoisotopic (exact) mass is 674 g/mol. The first-order valence-electron chi connectivity index (χ1n) is 17.0. The number of rotatable bonds is 4. The summed E-state index contributed by atoms with van der Waals surface area (Å²) in [6.45, 7) is 0. The molecule has 0 atom stereocenters. The molecule has 0 spiro atoms. The van der Waals surface area contributed by atoms with E-state index in [1.54, 1.807) is 0 Å². The Kier molecular flexibility index (Phi) is 7.22. The molecule has 8 bridgehead atoms. The molecule has 7 aromatic rings. The second kappa shape index (κ2) is 12.2. The van der Waals surface area contributed by atoms with Crippen LogP contribution in [0.15, 0.2) is 121 Å². The maximum Gasteiger partial charge on any atom is 0.0737 e. The highest BCUT2D eigenvalue weighted by Gasteiger charge is 2.19. The molecular weight excluding hydrogens is 641 g/mol. The third-order valence-electron chi connectivity index (χ3n) is 9.51. The third-order valence-corrected chi connectivity index (χ3v) is 9.51. The van der Waals surface area contributed by atoms with Crippen LogP contribution < -0.4 is 22.9 Å². The smallest absolute Gasteiger partial charge is 0.0737 e. The first-order chi connectivity index (χ1) is 25.4. The number of nitrogens with one attached hydrogen (secondary N) is 2. The van der Waals surface area contributed by atoms with E-state index in [0.717, 1.165) is 89.4 Å². The minimum atomic E-state index is 0.683. The lowest BCUT2D eigenvalue weighted by molar-refractivity contribution is 1.31. The van der Waals surface area contributed by atoms with Crippen molar-refractivity contribution in [3.63, 3.8) is 0 Å². The predicted octanol–water partition coefficient (Wildman–Crippen LogP) is 9.65. The maximum absolute atomic E-state index is 6.18. The molecule has 250 valence electrons. The van der Waals surface area contributed by atoms with Gasteiger partial charge in [-0.15, -0.1) is 0 Å². The topological polar surface area (TPSA) is 161 Å². The lowest BCUT2D eigenvalue weighted by Crippen LogP contribution is -1.91. The second-order valence-corrected chi connectivity index (χ2v) is 13.0. The highest BCUT2D eigenvalue weighted by atomic mass is 14.8. The van der Waals surface area contributed by atoms with Gasteiger partial charge in [-0.1, -0.05) is 48.5 Å². The first-order valence-corrected chi connectivity index (χ1v) is 17.0. The fourth-order valence-corrected chi connectivity index (χ4v) is 6.98. The van der Waals surface area contributed by atoms with Gasteiger partial charge < -0.3 is 32.9 Å². The molecule has 52 heavy (non-hydrogen) atoms. The number of nitrogen functional groups attached to an aromatic ring is 4. The average molecular weight is 675 g/mol. The summed E-state index contributed by atoms with van der Waals surface area (Å²) in [5.74, 6) is 0. The number of H-pyrrole nitrogens is 2. The molecule has 9 rings (SSSR count). The molecule has 5 heterocycles. The zero-order valence-electron chi connectivity index (χ0n) is 28.1. The van der Waals surface area contributed by atoms with Crippen molar-refractivity contribution in [2.75, 3.05) is 22.9 Å². The van der Waals surface area contributed by atoms with E-state index in [1.165, 1.54) is 0 Å². The van der Waals surface area contributed by atoms with Crippen LogP contribution in [0.1, 0.15) is 22.8 Å². The molecule has 10 N–H and O–H groups in total. The van der Waals surface area contributed by atoms with Gasteiger partial charge in [-0.2, -0.15) is 0 Å². The maximum atomic E-state index is 6.18. The van der Waals surface area contributed by atoms with Crippen molar-refractivity contribution in [1.82, 2.24) is 19.9 Å². The Labute approximate surface area is 299 Å². The van der Waals surface area contributed by atoms with Crippen molar-refractivity contribution < 1.29 is 0 Å². The van der Waals surface area contributed by atoms with E-state index in [2.05, 4.69) is 52.5 Å². The van der Waals surface area contributed by atoms with Crippen LogP contribution >= 0.6 is 0 Å². The molecule has 0 radical (unpaired) electrons. The van der Waals surface area contributed by atoms with Gasteiger partial charge in [0.05, 0.1) is 28.3 Å². The quantitative estimate of drug-likeness (QED) is 0.102. The largest absolute Gasteiger partial charge is 0.399 e. The number of anilines is 4. The molecule has 3 aromatic heterocycles. The zero-order valence-corrected chi connectivity index (χ0v) is 28.1. The van der Waals surface area contributed by atoms with Crippen molar-refractivity contribution in [3.8, 4) is 44.5 Å². The molecule has 2 aliphatic rings. The van der Waals surface area contributed by atoms with Gasteiger partial charge >= 0.3 is 0 Å². The molecule has 0 amide bonds. The van der Waals surface area contributed by atoms with Crippen molar-refractivity contribution in [3.05, 3.63) is 144 Å². The fraction of sp³-hybridized carbons (Fsp3) is 0. The van der Waals surface area contributed by atoms with Crippen LogP contribution in [0, 0.1) is 0 Å². The van der Waals surface area contributed by atoms with Gasteiger partial charge in [0.1, 0.15) is 0 Å². The summed E-state index contributed by atoms with van der Waals surface area (Å²) in [6.07, 6.45) is 8.25. The van der Waals surface area contributed by atoms with E-state index in [9.17, 15) is 0 Å². The van der Waals surface area contributed by atoms with E-state index in [4.69, 9.17) is 32.9 Å². The molecule has 0 saturated carbocycles. The molecule has 0 unspecified atom stereocenters. The number of hydrogen-bond donors (Lipinski definition) is 6. The van der Waals surface area contributed by atoms with E-state index in [0.29, 0.717) is 22.7 Å². The Morgan fingerprint density at radius 1 is 0.385 bits per heavy atom. The molecule has 2 aliphatic heterocycles. The van der Waals surface area contributed by atoms with Crippen molar-refractivity contribution >= 4 is 69.1 Å². The Morgan fingerprint density at radius 3 is 1.33 bits per heavy atom. The van der Waals surface area contributed by atoms with Gasteiger partial charge in [0.25, 0.3) is 0 Å². The number of fused-ring (bicyclic) bond motifs is 8. The number of hydrogen-bond acceptors (Lipinski definition) is 6. The molecule has 4 aromatic carbocycles. The van der Waals surface area contributed by atoms with Crippen LogP contribution in [0.25, 0.3) is 90.9 Å². The van der Waals surface area contributed by atoms with Gasteiger partial charge in [0.2, 0.25) is 0 Å². The zero-order chi connectivity index (χ0) is 35.3. The van der Waals surface area contributed by atoms with Crippen molar-refractivity contribution in [1.29, 1.82) is 0 Å². The Balaban J connectivity index is 1.46. The number of benzene rings is 4. The van der Waals surface area contributed by atoms with Gasteiger partial charge in [-0.05, 0) is 119 Å². The normalized spacial score (nSPS) is 12.0. The third kappa shape index (κ3) is 5.54. The van der Waals surface area contributed by atoms with Crippen LogP contribution in [0.5, 0.6) is 0 Å².